The summed E-state index contributed by atoms with van der Waals surface area (Å²) in [7, 11) is 0. The molecule has 0 aliphatic carbocycles. The van der Waals surface area contributed by atoms with Gasteiger partial charge in [-0.3, -0.25) is 9.69 Å². The minimum absolute atomic E-state index is 0.0462. The number of anilines is 1. The van der Waals surface area contributed by atoms with Gasteiger partial charge in [0.25, 0.3) is 5.91 Å². The van der Waals surface area contributed by atoms with Crippen LogP contribution in [0.3, 0.4) is 0 Å². The molecule has 13 heteroatoms. The largest absolute Gasteiger partial charge is 0.447 e. The van der Waals surface area contributed by atoms with Crippen LogP contribution in [-0.4, -0.2) is 81.1 Å². The Bertz CT molecular complexity index is 1050. The van der Waals surface area contributed by atoms with Crippen LogP contribution in [0.25, 0.3) is 0 Å². The summed E-state index contributed by atoms with van der Waals surface area (Å²) in [6, 6.07) is 4.28. The monoisotopic (exact) mass is 514 g/mol. The molecule has 35 heavy (non-hydrogen) atoms. The highest BCUT2D eigenvalue weighted by Crippen LogP contribution is 2.39. The van der Waals surface area contributed by atoms with Gasteiger partial charge in [0.1, 0.15) is 18.2 Å². The first-order valence-electron chi connectivity index (χ1n) is 10.8. The Hall–Kier alpha value is -2.95. The third-order valence-electron chi connectivity index (χ3n) is 6.11. The second-order valence-electron chi connectivity index (χ2n) is 8.82. The third kappa shape index (κ3) is 5.19. The van der Waals surface area contributed by atoms with Gasteiger partial charge in [-0.15, -0.1) is 0 Å². The van der Waals surface area contributed by atoms with Crippen LogP contribution in [0.15, 0.2) is 18.2 Å². The van der Waals surface area contributed by atoms with Crippen LogP contribution >= 0.6 is 12.2 Å². The van der Waals surface area contributed by atoms with Gasteiger partial charge in [-0.25, -0.2) is 4.79 Å². The fourth-order valence-corrected chi connectivity index (χ4v) is 4.84. The van der Waals surface area contributed by atoms with E-state index in [1.165, 1.54) is 17.0 Å². The molecule has 2 N–H and O–H groups in total. The molecule has 1 unspecified atom stereocenters. The standard InChI is InChI=1S/C22H25F3N4O5S/c1-21(2)18(32)28(15-4-3-13(10-26)17(9-15)22(23,24)25)19(35)29(21)14-5-7-27(8-6-14)20(33)34-12-16(31)11-30/h3-4,9,14,16,30-31H,5-8,11-12H2,1-2H3. The quantitative estimate of drug-likeness (QED) is 0.575. The molecule has 2 fully saturated rings. The van der Waals surface area contributed by atoms with E-state index in [2.05, 4.69) is 0 Å². The number of rotatable bonds is 5. The molecule has 0 bridgehead atoms. The van der Waals surface area contributed by atoms with Crippen molar-refractivity contribution >= 4 is 35.0 Å². The van der Waals surface area contributed by atoms with Crippen LogP contribution in [0, 0.1) is 11.3 Å². The van der Waals surface area contributed by atoms with Crippen LogP contribution in [0.4, 0.5) is 23.7 Å². The number of likely N-dealkylation sites (tertiary alicyclic amines) is 1. The minimum Gasteiger partial charge on any atom is -0.447 e. The molecular weight excluding hydrogens is 489 g/mol. The van der Waals surface area contributed by atoms with E-state index in [1.54, 1.807) is 18.7 Å². The van der Waals surface area contributed by atoms with Gasteiger partial charge in [0.2, 0.25) is 0 Å². The number of thiocarbonyl (C=S) groups is 1. The first-order valence-corrected chi connectivity index (χ1v) is 11.2. The highest BCUT2D eigenvalue weighted by molar-refractivity contribution is 7.80. The number of carbonyl (C=O) groups excluding carboxylic acids is 2. The number of aliphatic hydroxyl groups excluding tert-OH is 2. The molecule has 2 saturated heterocycles. The van der Waals surface area contributed by atoms with Crippen LogP contribution in [0.2, 0.25) is 0 Å². The number of nitriles is 1. The molecule has 1 atom stereocenters. The molecule has 0 saturated carbocycles. The van der Waals surface area contributed by atoms with Gasteiger partial charge in [-0.05, 0) is 57.1 Å². The van der Waals surface area contributed by atoms with Crippen LogP contribution in [0.1, 0.15) is 37.8 Å². The molecule has 3 rings (SSSR count). The van der Waals surface area contributed by atoms with E-state index in [4.69, 9.17) is 27.3 Å². The molecule has 9 nitrogen and oxygen atoms in total. The van der Waals surface area contributed by atoms with Gasteiger partial charge < -0.3 is 24.7 Å². The lowest BCUT2D eigenvalue weighted by Crippen LogP contribution is -2.54. The molecular formula is C22H25F3N4O5S. The van der Waals surface area contributed by atoms with Gasteiger partial charge in [-0.1, -0.05) is 0 Å². The van der Waals surface area contributed by atoms with Crippen LogP contribution in [0.5, 0.6) is 0 Å². The Morgan fingerprint density at radius 2 is 1.97 bits per heavy atom. The lowest BCUT2D eigenvalue weighted by molar-refractivity contribution is -0.137. The van der Waals surface area contributed by atoms with Gasteiger partial charge in [0.05, 0.1) is 29.5 Å². The molecule has 2 aliphatic heterocycles. The average Bonchev–Trinajstić information content (AvgIpc) is 2.99. The zero-order valence-electron chi connectivity index (χ0n) is 19.1. The van der Waals surface area contributed by atoms with Gasteiger partial charge in [0.15, 0.2) is 5.11 Å². The fourth-order valence-electron chi connectivity index (χ4n) is 4.27. The highest BCUT2D eigenvalue weighted by atomic mass is 32.1. The number of alkyl halides is 3. The SMILES string of the molecule is CC1(C)C(=O)N(c2ccc(C#N)c(C(F)(F)F)c2)C(=S)N1C1CCN(C(=O)OCC(O)CO)CC1. The van der Waals surface area contributed by atoms with Gasteiger partial charge in [0, 0.05) is 19.1 Å². The summed E-state index contributed by atoms with van der Waals surface area (Å²) in [6.07, 6.45) is -5.76. The number of carbonyl (C=O) groups is 2. The number of hydrogen-bond donors (Lipinski definition) is 2. The maximum atomic E-state index is 13.5. The van der Waals surface area contributed by atoms with Crippen molar-refractivity contribution in [1.29, 1.82) is 5.26 Å². The van der Waals surface area contributed by atoms with E-state index >= 15 is 0 Å². The van der Waals surface area contributed by atoms with E-state index < -0.39 is 47.6 Å². The van der Waals surface area contributed by atoms with E-state index in [0.29, 0.717) is 12.8 Å². The number of hydrogen-bond acceptors (Lipinski definition) is 7. The Kier molecular flexibility index (Phi) is 7.59. The van der Waals surface area contributed by atoms with E-state index in [9.17, 15) is 27.9 Å². The number of benzene rings is 1. The molecule has 2 heterocycles. The molecule has 1 aromatic carbocycles. The smallest absolute Gasteiger partial charge is 0.417 e. The second-order valence-corrected chi connectivity index (χ2v) is 9.19. The molecule has 1 aromatic rings. The van der Waals surface area contributed by atoms with Crippen molar-refractivity contribution in [2.45, 2.75) is 50.6 Å². The predicted molar refractivity (Wildman–Crippen MR) is 121 cm³/mol. The summed E-state index contributed by atoms with van der Waals surface area (Å²) in [6.45, 7) is 2.94. The Balaban J connectivity index is 1.78. The number of nitrogens with zero attached hydrogens (tertiary/aromatic N) is 4. The first kappa shape index (κ1) is 26.7. The van der Waals surface area contributed by atoms with Gasteiger partial charge >= 0.3 is 12.3 Å². The molecule has 0 radical (unpaired) electrons. The Morgan fingerprint density at radius 3 is 2.51 bits per heavy atom. The highest BCUT2D eigenvalue weighted by Gasteiger charge is 2.52. The number of ether oxygens (including phenoxy) is 1. The maximum Gasteiger partial charge on any atom is 0.417 e. The van der Waals surface area contributed by atoms with E-state index in [-0.39, 0.29) is 36.5 Å². The van der Waals surface area contributed by atoms with Crippen molar-refractivity contribution in [3.63, 3.8) is 0 Å². The summed E-state index contributed by atoms with van der Waals surface area (Å²) >= 11 is 5.54. The van der Waals surface area contributed by atoms with Crippen molar-refractivity contribution in [1.82, 2.24) is 9.80 Å². The van der Waals surface area contributed by atoms with Crippen molar-refractivity contribution in [2.75, 3.05) is 31.2 Å². The summed E-state index contributed by atoms with van der Waals surface area (Å²) in [5.41, 5.74) is -2.93. The normalized spacial score (nSPS) is 19.7. The predicted octanol–water partition coefficient (Wildman–Crippen LogP) is 2.24. The van der Waals surface area contributed by atoms with Crippen molar-refractivity contribution < 1.29 is 37.7 Å². The Labute approximate surface area is 205 Å². The summed E-state index contributed by atoms with van der Waals surface area (Å²) < 4.78 is 45.4. The third-order valence-corrected chi connectivity index (χ3v) is 6.49. The van der Waals surface area contributed by atoms with E-state index in [1.807, 2.05) is 0 Å². The zero-order chi connectivity index (χ0) is 26.1. The molecule has 0 aromatic heterocycles. The fraction of sp³-hybridized carbons (Fsp3) is 0.545. The number of aliphatic hydroxyl groups is 2. The van der Waals surface area contributed by atoms with Crippen LogP contribution < -0.4 is 4.90 Å². The minimum atomic E-state index is -4.78. The molecule has 2 aliphatic rings. The van der Waals surface area contributed by atoms with Crippen molar-refractivity contribution in [3.05, 3.63) is 29.3 Å². The molecule has 0 spiro atoms. The maximum absolute atomic E-state index is 13.5. The second kappa shape index (κ2) is 9.96. The Morgan fingerprint density at radius 1 is 1.34 bits per heavy atom. The lowest BCUT2D eigenvalue weighted by Gasteiger charge is -2.41. The number of amides is 2. The van der Waals surface area contributed by atoms with Crippen molar-refractivity contribution in [3.8, 4) is 6.07 Å². The lowest BCUT2D eigenvalue weighted by atomic mass is 9.96. The van der Waals surface area contributed by atoms with Gasteiger partial charge in [-0.2, -0.15) is 18.4 Å². The van der Waals surface area contributed by atoms with Crippen molar-refractivity contribution in [2.24, 2.45) is 0 Å². The average molecular weight is 515 g/mol. The molecule has 190 valence electrons. The molecule has 2 amide bonds. The summed E-state index contributed by atoms with van der Waals surface area (Å²) in [5.74, 6) is -0.500. The first-order chi connectivity index (χ1) is 16.3. The van der Waals surface area contributed by atoms with E-state index in [0.717, 1.165) is 17.0 Å². The summed E-state index contributed by atoms with van der Waals surface area (Å²) in [4.78, 5) is 29.6. The number of piperidine rings is 1. The zero-order valence-corrected chi connectivity index (χ0v) is 19.9. The topological polar surface area (TPSA) is 117 Å². The number of halogens is 3. The van der Waals surface area contributed by atoms with Crippen LogP contribution in [-0.2, 0) is 15.7 Å². The summed E-state index contributed by atoms with van der Waals surface area (Å²) in [5, 5.41) is 27.2.